The highest BCUT2D eigenvalue weighted by atomic mass is 16.2. The summed E-state index contributed by atoms with van der Waals surface area (Å²) in [5.74, 6) is 0. The smallest absolute Gasteiger partial charge is 0.317 e. The zero-order valence-electron chi connectivity index (χ0n) is 9.45. The van der Waals surface area contributed by atoms with Crippen LogP contribution in [0.1, 0.15) is 18.1 Å². The van der Waals surface area contributed by atoms with Crippen molar-refractivity contribution in [1.82, 2.24) is 15.2 Å². The summed E-state index contributed by atoms with van der Waals surface area (Å²) in [6.45, 7) is 5.18. The molecule has 2 amide bonds. The van der Waals surface area contributed by atoms with Crippen molar-refractivity contribution in [3.8, 4) is 0 Å². The number of nitrogens with zero attached hydrogens (tertiary/aromatic N) is 2. The highest BCUT2D eigenvalue weighted by Gasteiger charge is 2.05. The van der Waals surface area contributed by atoms with Crippen LogP contribution < -0.4 is 5.32 Å². The Kier molecular flexibility index (Phi) is 4.09. The Balaban J connectivity index is 2.51. The molecule has 15 heavy (non-hydrogen) atoms. The van der Waals surface area contributed by atoms with Crippen molar-refractivity contribution in [3.05, 3.63) is 29.6 Å². The standard InChI is InChI=1S/C11H17N3O/c1-4-14(3)11(15)13-8-10-7-12-6-5-9(10)2/h5-7H,4,8H2,1-3H3,(H,13,15). The third kappa shape index (κ3) is 3.23. The van der Waals surface area contributed by atoms with Crippen molar-refractivity contribution in [2.24, 2.45) is 0 Å². The largest absolute Gasteiger partial charge is 0.334 e. The Labute approximate surface area is 90.3 Å². The van der Waals surface area contributed by atoms with Crippen LogP contribution >= 0.6 is 0 Å². The van der Waals surface area contributed by atoms with Crippen molar-refractivity contribution >= 4 is 6.03 Å². The maximum absolute atomic E-state index is 11.5. The fourth-order valence-corrected chi connectivity index (χ4v) is 1.13. The molecule has 0 radical (unpaired) electrons. The molecule has 1 N–H and O–H groups in total. The summed E-state index contributed by atoms with van der Waals surface area (Å²) in [7, 11) is 1.77. The van der Waals surface area contributed by atoms with Crippen molar-refractivity contribution in [2.45, 2.75) is 20.4 Å². The highest BCUT2D eigenvalue weighted by Crippen LogP contribution is 2.03. The number of aryl methyl sites for hydroxylation is 1. The molecule has 0 unspecified atom stereocenters. The van der Waals surface area contributed by atoms with E-state index in [0.29, 0.717) is 13.1 Å². The van der Waals surface area contributed by atoms with Gasteiger partial charge in [-0.1, -0.05) is 0 Å². The fourth-order valence-electron chi connectivity index (χ4n) is 1.13. The summed E-state index contributed by atoms with van der Waals surface area (Å²) in [5.41, 5.74) is 2.19. The first-order chi connectivity index (χ1) is 7.15. The SMILES string of the molecule is CCN(C)C(=O)NCc1cnccc1C. The van der Waals surface area contributed by atoms with Gasteiger partial charge in [-0.15, -0.1) is 0 Å². The molecule has 0 saturated heterocycles. The molecule has 4 heteroatoms. The van der Waals surface area contributed by atoms with E-state index in [1.165, 1.54) is 0 Å². The number of amides is 2. The molecule has 0 aromatic carbocycles. The number of aromatic nitrogens is 1. The van der Waals surface area contributed by atoms with Crippen molar-refractivity contribution in [1.29, 1.82) is 0 Å². The van der Waals surface area contributed by atoms with Crippen LogP contribution in [0.5, 0.6) is 0 Å². The normalized spacial score (nSPS) is 9.80. The zero-order chi connectivity index (χ0) is 11.3. The van der Waals surface area contributed by atoms with Crippen LogP contribution in [0.3, 0.4) is 0 Å². The highest BCUT2D eigenvalue weighted by molar-refractivity contribution is 5.73. The van der Waals surface area contributed by atoms with E-state index in [1.807, 2.05) is 19.9 Å². The Bertz CT molecular complexity index is 338. The van der Waals surface area contributed by atoms with Crippen LogP contribution in [-0.4, -0.2) is 29.5 Å². The molecule has 0 fully saturated rings. The maximum Gasteiger partial charge on any atom is 0.317 e. The minimum atomic E-state index is -0.0549. The molecule has 0 aliphatic rings. The molecular weight excluding hydrogens is 190 g/mol. The molecule has 0 spiro atoms. The fraction of sp³-hybridized carbons (Fsp3) is 0.455. The van der Waals surface area contributed by atoms with Crippen LogP contribution in [0.2, 0.25) is 0 Å². The number of urea groups is 1. The van der Waals surface area contributed by atoms with E-state index in [4.69, 9.17) is 0 Å². The van der Waals surface area contributed by atoms with E-state index in [0.717, 1.165) is 11.1 Å². The van der Waals surface area contributed by atoms with Gasteiger partial charge in [0.25, 0.3) is 0 Å². The lowest BCUT2D eigenvalue weighted by molar-refractivity contribution is 0.210. The van der Waals surface area contributed by atoms with Gasteiger partial charge in [-0.25, -0.2) is 4.79 Å². The summed E-state index contributed by atoms with van der Waals surface area (Å²) < 4.78 is 0. The van der Waals surface area contributed by atoms with Gasteiger partial charge in [-0.05, 0) is 31.0 Å². The lowest BCUT2D eigenvalue weighted by Crippen LogP contribution is -2.36. The monoisotopic (exact) mass is 207 g/mol. The van der Waals surface area contributed by atoms with Gasteiger partial charge in [0.1, 0.15) is 0 Å². The second-order valence-corrected chi connectivity index (χ2v) is 3.48. The maximum atomic E-state index is 11.5. The number of pyridine rings is 1. The number of nitrogens with one attached hydrogen (secondary N) is 1. The quantitative estimate of drug-likeness (QED) is 0.817. The first kappa shape index (κ1) is 11.5. The number of carbonyl (C=O) groups is 1. The predicted octanol–water partition coefficient (Wildman–Crippen LogP) is 1.55. The van der Waals surface area contributed by atoms with Crippen LogP contribution in [0.15, 0.2) is 18.5 Å². The number of rotatable bonds is 3. The van der Waals surface area contributed by atoms with Crippen LogP contribution in [-0.2, 0) is 6.54 Å². The summed E-state index contributed by atoms with van der Waals surface area (Å²) in [6, 6.07) is 1.88. The summed E-state index contributed by atoms with van der Waals surface area (Å²) >= 11 is 0. The molecule has 4 nitrogen and oxygen atoms in total. The second-order valence-electron chi connectivity index (χ2n) is 3.48. The van der Waals surface area contributed by atoms with Gasteiger partial charge in [-0.2, -0.15) is 0 Å². The molecular formula is C11H17N3O. The van der Waals surface area contributed by atoms with Gasteiger partial charge in [0.15, 0.2) is 0 Å². The third-order valence-corrected chi connectivity index (χ3v) is 2.40. The lowest BCUT2D eigenvalue weighted by atomic mass is 10.2. The van der Waals surface area contributed by atoms with Crippen LogP contribution in [0, 0.1) is 6.92 Å². The van der Waals surface area contributed by atoms with Gasteiger partial charge < -0.3 is 10.2 Å². The topological polar surface area (TPSA) is 45.2 Å². The Morgan fingerprint density at radius 1 is 1.60 bits per heavy atom. The Morgan fingerprint density at radius 2 is 2.33 bits per heavy atom. The average Bonchev–Trinajstić information content (AvgIpc) is 2.26. The summed E-state index contributed by atoms with van der Waals surface area (Å²) in [4.78, 5) is 17.1. The van der Waals surface area contributed by atoms with Crippen LogP contribution in [0.4, 0.5) is 4.79 Å². The Hall–Kier alpha value is -1.58. The van der Waals surface area contributed by atoms with Crippen LogP contribution in [0.25, 0.3) is 0 Å². The Morgan fingerprint density at radius 3 is 2.93 bits per heavy atom. The third-order valence-electron chi connectivity index (χ3n) is 2.40. The molecule has 0 aliphatic carbocycles. The van der Waals surface area contributed by atoms with E-state index >= 15 is 0 Å². The molecule has 82 valence electrons. The number of carbonyl (C=O) groups excluding carboxylic acids is 1. The molecule has 0 atom stereocenters. The minimum Gasteiger partial charge on any atom is -0.334 e. The second kappa shape index (κ2) is 5.34. The summed E-state index contributed by atoms with van der Waals surface area (Å²) in [6.07, 6.45) is 3.53. The van der Waals surface area contributed by atoms with E-state index < -0.39 is 0 Å². The van der Waals surface area contributed by atoms with Gasteiger partial charge in [0, 0.05) is 32.5 Å². The van der Waals surface area contributed by atoms with Gasteiger partial charge in [0.2, 0.25) is 0 Å². The van der Waals surface area contributed by atoms with Crippen molar-refractivity contribution < 1.29 is 4.79 Å². The van der Waals surface area contributed by atoms with E-state index in [9.17, 15) is 4.79 Å². The van der Waals surface area contributed by atoms with E-state index in [2.05, 4.69) is 10.3 Å². The first-order valence-corrected chi connectivity index (χ1v) is 5.03. The zero-order valence-corrected chi connectivity index (χ0v) is 9.45. The number of hydrogen-bond acceptors (Lipinski definition) is 2. The molecule has 1 aromatic rings. The van der Waals surface area contributed by atoms with Gasteiger partial charge in [-0.3, -0.25) is 4.98 Å². The molecule has 1 heterocycles. The van der Waals surface area contributed by atoms with Crippen molar-refractivity contribution in [3.63, 3.8) is 0 Å². The first-order valence-electron chi connectivity index (χ1n) is 5.03. The molecule has 0 aliphatic heterocycles. The molecule has 0 saturated carbocycles. The van der Waals surface area contributed by atoms with Gasteiger partial charge >= 0.3 is 6.03 Å². The van der Waals surface area contributed by atoms with Gasteiger partial charge in [0.05, 0.1) is 0 Å². The molecule has 1 rings (SSSR count). The average molecular weight is 207 g/mol. The van der Waals surface area contributed by atoms with E-state index in [-0.39, 0.29) is 6.03 Å². The van der Waals surface area contributed by atoms with Crippen molar-refractivity contribution in [2.75, 3.05) is 13.6 Å². The van der Waals surface area contributed by atoms with E-state index in [1.54, 1.807) is 24.3 Å². The summed E-state index contributed by atoms with van der Waals surface area (Å²) in [5, 5.41) is 2.84. The predicted molar refractivity (Wildman–Crippen MR) is 59.5 cm³/mol. The minimum absolute atomic E-state index is 0.0549. The lowest BCUT2D eigenvalue weighted by Gasteiger charge is -2.15. The molecule has 0 bridgehead atoms. The molecule has 1 aromatic heterocycles. The number of hydrogen-bond donors (Lipinski definition) is 1.